The van der Waals surface area contributed by atoms with Crippen LogP contribution in [0, 0.1) is 11.6 Å². The highest BCUT2D eigenvalue weighted by molar-refractivity contribution is 5.95. The van der Waals surface area contributed by atoms with E-state index in [0.717, 1.165) is 22.6 Å². The lowest BCUT2D eigenvalue weighted by atomic mass is 10.1. The predicted molar refractivity (Wildman–Crippen MR) is 120 cm³/mol. The monoisotopic (exact) mass is 458 g/mol. The maximum atomic E-state index is 13.5. The van der Waals surface area contributed by atoms with Crippen LogP contribution in [-0.2, 0) is 22.5 Å². The van der Waals surface area contributed by atoms with Gasteiger partial charge in [0.2, 0.25) is 5.91 Å². The van der Waals surface area contributed by atoms with E-state index in [4.69, 9.17) is 10.5 Å². The summed E-state index contributed by atoms with van der Waals surface area (Å²) in [5.74, 6) is -2.64. The molecule has 1 amide bonds. The molecule has 0 aliphatic carbocycles. The van der Waals surface area contributed by atoms with Crippen LogP contribution in [0.3, 0.4) is 0 Å². The van der Waals surface area contributed by atoms with Crippen molar-refractivity contribution in [1.82, 2.24) is 9.55 Å². The fourth-order valence-corrected chi connectivity index (χ4v) is 3.39. The molecule has 0 unspecified atom stereocenters. The van der Waals surface area contributed by atoms with Gasteiger partial charge in [-0.2, -0.15) is 0 Å². The zero-order valence-corrected chi connectivity index (χ0v) is 18.0. The predicted octanol–water partition coefficient (Wildman–Crippen LogP) is 2.06. The van der Waals surface area contributed by atoms with Crippen molar-refractivity contribution in [3.63, 3.8) is 0 Å². The summed E-state index contributed by atoms with van der Waals surface area (Å²) in [5, 5.41) is 0. The highest BCUT2D eigenvalue weighted by Crippen LogP contribution is 2.20. The Morgan fingerprint density at radius 3 is 2.48 bits per heavy atom. The normalized spacial score (nSPS) is 10.9. The Morgan fingerprint density at radius 2 is 1.82 bits per heavy atom. The number of methoxy groups -OCH3 is 1. The molecule has 0 spiro atoms. The fraction of sp³-hybridized carbons (Fsp3) is 0.261. The van der Waals surface area contributed by atoms with Crippen molar-refractivity contribution in [2.24, 2.45) is 0 Å². The Hall–Kier alpha value is -3.79. The number of benzene rings is 2. The van der Waals surface area contributed by atoms with Gasteiger partial charge in [0, 0.05) is 20.1 Å². The lowest BCUT2D eigenvalue weighted by molar-refractivity contribution is -0.118. The molecule has 1 heterocycles. The standard InChI is InChI=1S/C23H24F2N4O4/c1-33-12-11-28(19(30)10-8-15-7-9-17(24)18(25)13-15)20-21(26)29(23(32)27-22(20)31)14-16-5-3-2-4-6-16/h2-7,9,13H,8,10-12,14,26H2,1H3,(H,27,31,32). The molecule has 0 bridgehead atoms. The summed E-state index contributed by atoms with van der Waals surface area (Å²) < 4.78 is 32.9. The van der Waals surface area contributed by atoms with Crippen molar-refractivity contribution < 1.29 is 18.3 Å². The highest BCUT2D eigenvalue weighted by atomic mass is 19.2. The third-order valence-corrected chi connectivity index (χ3v) is 5.10. The van der Waals surface area contributed by atoms with Gasteiger partial charge in [-0.3, -0.25) is 19.1 Å². The first-order valence-electron chi connectivity index (χ1n) is 10.2. The first kappa shape index (κ1) is 23.9. The summed E-state index contributed by atoms with van der Waals surface area (Å²) >= 11 is 0. The summed E-state index contributed by atoms with van der Waals surface area (Å²) in [7, 11) is 1.44. The van der Waals surface area contributed by atoms with Crippen LogP contribution in [0.15, 0.2) is 58.1 Å². The number of rotatable bonds is 9. The zero-order valence-electron chi connectivity index (χ0n) is 18.0. The van der Waals surface area contributed by atoms with Crippen molar-refractivity contribution in [1.29, 1.82) is 0 Å². The van der Waals surface area contributed by atoms with Crippen molar-refractivity contribution in [3.8, 4) is 0 Å². The maximum absolute atomic E-state index is 13.5. The maximum Gasteiger partial charge on any atom is 0.330 e. The molecule has 3 rings (SSSR count). The minimum atomic E-state index is -1.01. The number of nitrogens with two attached hydrogens (primary N) is 1. The molecule has 1 aromatic heterocycles. The second-order valence-electron chi connectivity index (χ2n) is 7.35. The topological polar surface area (TPSA) is 110 Å². The van der Waals surface area contributed by atoms with Gasteiger partial charge in [0.25, 0.3) is 5.56 Å². The molecular formula is C23H24F2N4O4. The van der Waals surface area contributed by atoms with E-state index in [2.05, 4.69) is 4.98 Å². The number of hydrogen-bond acceptors (Lipinski definition) is 5. The Kier molecular flexibility index (Phi) is 7.73. The molecule has 0 atom stereocenters. The zero-order chi connectivity index (χ0) is 24.0. The lowest BCUT2D eigenvalue weighted by Gasteiger charge is -2.24. The average molecular weight is 458 g/mol. The minimum Gasteiger partial charge on any atom is -0.383 e. The molecule has 0 aliphatic heterocycles. The number of aromatic nitrogens is 2. The highest BCUT2D eigenvalue weighted by Gasteiger charge is 2.24. The van der Waals surface area contributed by atoms with Crippen LogP contribution in [0.1, 0.15) is 17.5 Å². The van der Waals surface area contributed by atoms with Gasteiger partial charge < -0.3 is 15.4 Å². The molecule has 0 fully saturated rings. The number of nitrogens with zero attached hydrogens (tertiary/aromatic N) is 2. The molecule has 0 saturated carbocycles. The lowest BCUT2D eigenvalue weighted by Crippen LogP contribution is -2.42. The Balaban J connectivity index is 1.92. The number of H-pyrrole nitrogens is 1. The minimum absolute atomic E-state index is 0.00390. The van der Waals surface area contributed by atoms with Gasteiger partial charge in [0.15, 0.2) is 17.3 Å². The van der Waals surface area contributed by atoms with E-state index >= 15 is 0 Å². The van der Waals surface area contributed by atoms with Crippen molar-refractivity contribution in [3.05, 3.63) is 92.1 Å². The van der Waals surface area contributed by atoms with Crippen LogP contribution in [0.4, 0.5) is 20.3 Å². The van der Waals surface area contributed by atoms with Crippen molar-refractivity contribution in [2.45, 2.75) is 19.4 Å². The number of aryl methyl sites for hydroxylation is 1. The van der Waals surface area contributed by atoms with E-state index in [1.54, 1.807) is 24.3 Å². The Labute approximate surface area is 188 Å². The molecule has 3 N–H and O–H groups in total. The van der Waals surface area contributed by atoms with E-state index in [1.165, 1.54) is 17.7 Å². The number of anilines is 2. The van der Waals surface area contributed by atoms with E-state index in [1.807, 2.05) is 6.07 Å². The number of aromatic amines is 1. The molecule has 0 aliphatic rings. The summed E-state index contributed by atoms with van der Waals surface area (Å²) in [6.07, 6.45) is 0.00641. The van der Waals surface area contributed by atoms with Crippen LogP contribution in [0.25, 0.3) is 0 Å². The number of nitrogens with one attached hydrogen (secondary N) is 1. The van der Waals surface area contributed by atoms with Crippen LogP contribution in [0.2, 0.25) is 0 Å². The fourth-order valence-electron chi connectivity index (χ4n) is 3.39. The van der Waals surface area contributed by atoms with E-state index < -0.39 is 28.8 Å². The van der Waals surface area contributed by atoms with Gasteiger partial charge >= 0.3 is 5.69 Å². The van der Waals surface area contributed by atoms with Crippen molar-refractivity contribution >= 4 is 17.4 Å². The SMILES string of the molecule is COCCN(C(=O)CCc1ccc(F)c(F)c1)c1c(N)n(Cc2ccccc2)c(=O)[nH]c1=O. The van der Waals surface area contributed by atoms with Gasteiger partial charge in [-0.1, -0.05) is 36.4 Å². The van der Waals surface area contributed by atoms with Gasteiger partial charge in [0.1, 0.15) is 5.82 Å². The van der Waals surface area contributed by atoms with E-state index in [9.17, 15) is 23.2 Å². The Bertz CT molecular complexity index is 1240. The molecule has 0 saturated heterocycles. The van der Waals surface area contributed by atoms with Gasteiger partial charge in [-0.15, -0.1) is 0 Å². The molecule has 3 aromatic rings. The molecule has 8 nitrogen and oxygen atoms in total. The molecule has 2 aromatic carbocycles. The third kappa shape index (κ3) is 5.72. The van der Waals surface area contributed by atoms with Crippen LogP contribution in [-0.4, -0.2) is 35.7 Å². The second-order valence-corrected chi connectivity index (χ2v) is 7.35. The Morgan fingerprint density at radius 1 is 1.09 bits per heavy atom. The van der Waals surface area contributed by atoms with Crippen LogP contribution < -0.4 is 21.9 Å². The molecule has 174 valence electrons. The first-order valence-corrected chi connectivity index (χ1v) is 10.2. The number of nitrogen functional groups attached to an aromatic ring is 1. The summed E-state index contributed by atoms with van der Waals surface area (Å²) in [6, 6.07) is 12.4. The van der Waals surface area contributed by atoms with E-state index in [-0.39, 0.29) is 44.0 Å². The van der Waals surface area contributed by atoms with E-state index in [0.29, 0.717) is 5.56 Å². The van der Waals surface area contributed by atoms with Gasteiger partial charge in [0.05, 0.1) is 13.2 Å². The number of carbonyl (C=O) groups excluding carboxylic acids is 1. The number of halogens is 2. The third-order valence-electron chi connectivity index (χ3n) is 5.10. The average Bonchev–Trinajstić information content (AvgIpc) is 2.80. The number of amides is 1. The number of carbonyl (C=O) groups is 1. The summed E-state index contributed by atoms with van der Waals surface area (Å²) in [6.45, 7) is 0.202. The largest absolute Gasteiger partial charge is 0.383 e. The number of hydrogen-bond donors (Lipinski definition) is 2. The molecular weight excluding hydrogens is 434 g/mol. The van der Waals surface area contributed by atoms with Crippen molar-refractivity contribution in [2.75, 3.05) is 30.9 Å². The van der Waals surface area contributed by atoms with Crippen LogP contribution >= 0.6 is 0 Å². The first-order chi connectivity index (χ1) is 15.8. The molecule has 33 heavy (non-hydrogen) atoms. The second kappa shape index (κ2) is 10.7. The smallest absolute Gasteiger partial charge is 0.330 e. The van der Waals surface area contributed by atoms with Gasteiger partial charge in [-0.05, 0) is 29.7 Å². The summed E-state index contributed by atoms with van der Waals surface area (Å²) in [5.41, 5.74) is 5.72. The van der Waals surface area contributed by atoms with Crippen LogP contribution in [0.5, 0.6) is 0 Å². The number of ether oxygens (including phenoxy) is 1. The quantitative estimate of drug-likeness (QED) is 0.510. The van der Waals surface area contributed by atoms with Gasteiger partial charge in [-0.25, -0.2) is 13.6 Å². The molecule has 0 radical (unpaired) electrons. The molecule has 10 heteroatoms. The summed E-state index contributed by atoms with van der Waals surface area (Å²) in [4.78, 5) is 41.5.